The molecule has 7 atom stereocenters. The third-order valence-electron chi connectivity index (χ3n) is 8.85. The van der Waals surface area contributed by atoms with Gasteiger partial charge < -0.3 is 5.32 Å². The summed E-state index contributed by atoms with van der Waals surface area (Å²) >= 11 is 0. The van der Waals surface area contributed by atoms with Gasteiger partial charge in [0.25, 0.3) is 0 Å². The zero-order valence-corrected chi connectivity index (χ0v) is 19.5. The van der Waals surface area contributed by atoms with Gasteiger partial charge in [-0.05, 0) is 89.7 Å². The molecule has 0 bridgehead atoms. The van der Waals surface area contributed by atoms with E-state index in [1.165, 1.54) is 38.5 Å². The average molecular weight is 419 g/mol. The van der Waals surface area contributed by atoms with Crippen LogP contribution in [0.3, 0.4) is 0 Å². The molecule has 2 N–H and O–H groups in total. The van der Waals surface area contributed by atoms with Gasteiger partial charge in [0, 0.05) is 5.41 Å². The van der Waals surface area contributed by atoms with E-state index in [0.717, 1.165) is 18.3 Å². The molecule has 4 nitrogen and oxygen atoms in total. The Morgan fingerprint density at radius 2 is 1.86 bits per heavy atom. The third kappa shape index (κ3) is 3.45. The van der Waals surface area contributed by atoms with Gasteiger partial charge in [-0.3, -0.25) is 4.79 Å². The number of carbonyl (C=O) groups is 1. The zero-order chi connectivity index (χ0) is 21.2. The van der Waals surface area contributed by atoms with Gasteiger partial charge in [0.2, 0.25) is 11.2 Å². The fourth-order valence-electron chi connectivity index (χ4n) is 7.13. The zero-order valence-electron chi connectivity index (χ0n) is 18.6. The lowest BCUT2D eigenvalue weighted by atomic mass is 9.47. The van der Waals surface area contributed by atoms with Crippen molar-refractivity contribution in [2.24, 2.45) is 39.9 Å². The largest absolute Gasteiger partial charge is 0.547 e. The summed E-state index contributed by atoms with van der Waals surface area (Å²) in [6, 6.07) is 0. The molecule has 4 aliphatic carbocycles. The summed E-state index contributed by atoms with van der Waals surface area (Å²) in [6.07, 6.45) is 13.1. The Hall–Kier alpha value is -0.990. The Balaban J connectivity index is 1.70. The van der Waals surface area contributed by atoms with E-state index in [2.05, 4.69) is 25.2 Å². The summed E-state index contributed by atoms with van der Waals surface area (Å²) < 4.78 is 12.1. The first-order chi connectivity index (χ1) is 13.5. The first kappa shape index (κ1) is 21.2. The van der Waals surface area contributed by atoms with Crippen molar-refractivity contribution in [2.45, 2.75) is 79.6 Å². The van der Waals surface area contributed by atoms with Crippen molar-refractivity contribution in [3.63, 3.8) is 0 Å². The molecule has 4 unspecified atom stereocenters. The van der Waals surface area contributed by atoms with Crippen molar-refractivity contribution < 1.29 is 14.3 Å². The van der Waals surface area contributed by atoms with Crippen molar-refractivity contribution in [2.75, 3.05) is 0 Å². The van der Waals surface area contributed by atoms with E-state index in [1.807, 2.05) is 26.8 Å². The van der Waals surface area contributed by atoms with Crippen LogP contribution in [-0.4, -0.2) is 10.8 Å². The highest BCUT2D eigenvalue weighted by molar-refractivity contribution is 7.43. The number of rotatable bonds is 2. The Labute approximate surface area is 176 Å². The van der Waals surface area contributed by atoms with Crippen LogP contribution in [0.2, 0.25) is 0 Å². The molecule has 3 fully saturated rings. The lowest BCUT2D eigenvalue weighted by Gasteiger charge is -2.57. The standard InChI is InChI=1S/C24H36NO3P/c1-22(2,3)21(26)25-19-14-24(5)15(13-20(19)29(27)28)8-9-16-17-7-6-11-23(17,4)12-10-18(16)24/h13-18H,6-12H2,1-5H3,(H-,25,26,27,28)/p+1/t15-,16?,17?,18?,23-,24-/m0/s1. The maximum Gasteiger partial charge on any atom is 0.547 e. The molecule has 0 aromatic rings. The van der Waals surface area contributed by atoms with E-state index in [0.29, 0.717) is 22.3 Å². The van der Waals surface area contributed by atoms with Gasteiger partial charge in [0.15, 0.2) is 0 Å². The minimum absolute atomic E-state index is 0.0534. The van der Waals surface area contributed by atoms with Crippen LogP contribution in [0.15, 0.2) is 23.2 Å². The van der Waals surface area contributed by atoms with Crippen LogP contribution in [0.1, 0.15) is 79.6 Å². The van der Waals surface area contributed by atoms with E-state index in [1.54, 1.807) is 0 Å². The summed E-state index contributed by atoms with van der Waals surface area (Å²) in [5.74, 6) is 2.33. The van der Waals surface area contributed by atoms with E-state index in [9.17, 15) is 14.3 Å². The number of hydrogen-bond donors (Lipinski definition) is 2. The van der Waals surface area contributed by atoms with Gasteiger partial charge in [-0.15, -0.1) is 0 Å². The molecule has 3 saturated carbocycles. The number of fused-ring (bicyclic) bond motifs is 5. The molecule has 1 amide bonds. The van der Waals surface area contributed by atoms with Gasteiger partial charge >= 0.3 is 8.03 Å². The van der Waals surface area contributed by atoms with Gasteiger partial charge in [0.1, 0.15) is 0 Å². The monoisotopic (exact) mass is 418 g/mol. The quantitative estimate of drug-likeness (QED) is 0.548. The fraction of sp³-hybridized carbons (Fsp3) is 0.792. The highest BCUT2D eigenvalue weighted by atomic mass is 31.1. The molecule has 5 heteroatoms. The molecule has 0 aromatic carbocycles. The molecule has 0 spiro atoms. The fourth-order valence-corrected chi connectivity index (χ4v) is 7.77. The normalized spacial score (nSPS) is 42.1. The molecule has 0 aliphatic heterocycles. The van der Waals surface area contributed by atoms with E-state index >= 15 is 0 Å². The molecular weight excluding hydrogens is 381 g/mol. The van der Waals surface area contributed by atoms with E-state index in [4.69, 9.17) is 0 Å². The highest BCUT2D eigenvalue weighted by Crippen LogP contribution is 2.65. The van der Waals surface area contributed by atoms with Crippen LogP contribution in [0.5, 0.6) is 0 Å². The van der Waals surface area contributed by atoms with Gasteiger partial charge in [-0.2, -0.15) is 4.89 Å². The van der Waals surface area contributed by atoms with Crippen LogP contribution >= 0.6 is 8.03 Å². The predicted molar refractivity (Wildman–Crippen MR) is 116 cm³/mol. The van der Waals surface area contributed by atoms with Crippen LogP contribution in [0.4, 0.5) is 0 Å². The van der Waals surface area contributed by atoms with Crippen LogP contribution in [-0.2, 0) is 9.36 Å². The number of hydrogen-bond acceptors (Lipinski definition) is 2. The first-order valence-electron chi connectivity index (χ1n) is 11.4. The summed E-state index contributed by atoms with van der Waals surface area (Å²) in [5, 5.41) is 3.42. The maximum absolute atomic E-state index is 12.7. The molecule has 0 aromatic heterocycles. The molecule has 0 saturated heterocycles. The van der Waals surface area contributed by atoms with Gasteiger partial charge in [-0.1, -0.05) is 41.0 Å². The third-order valence-corrected chi connectivity index (χ3v) is 9.66. The second-order valence-electron chi connectivity index (χ2n) is 11.6. The van der Waals surface area contributed by atoms with Crippen LogP contribution in [0, 0.1) is 39.9 Å². The molecule has 4 aliphatic rings. The SMILES string of the molecule is CC(C)(C)C(=O)NC1=C[C@]2(C)C3CC[C@]4(C)CCCC4C3CC[C@H]2C=C1[P+](=O)O. The maximum atomic E-state index is 12.7. The van der Waals surface area contributed by atoms with Crippen LogP contribution < -0.4 is 5.32 Å². The average Bonchev–Trinajstić information content (AvgIpc) is 3.01. The van der Waals surface area contributed by atoms with Crippen LogP contribution in [0.25, 0.3) is 0 Å². The lowest BCUT2D eigenvalue weighted by molar-refractivity contribution is -0.127. The Morgan fingerprint density at radius 3 is 2.52 bits per heavy atom. The highest BCUT2D eigenvalue weighted by Gasteiger charge is 2.57. The molecule has 29 heavy (non-hydrogen) atoms. The minimum atomic E-state index is -2.49. The lowest BCUT2D eigenvalue weighted by Crippen LogP contribution is -2.51. The summed E-state index contributed by atoms with van der Waals surface area (Å²) in [7, 11) is -2.49. The second-order valence-corrected chi connectivity index (χ2v) is 12.6. The van der Waals surface area contributed by atoms with Crippen molar-refractivity contribution in [1.29, 1.82) is 0 Å². The predicted octanol–water partition coefficient (Wildman–Crippen LogP) is 5.91. The second kappa shape index (κ2) is 7.02. The van der Waals surface area contributed by atoms with Crippen molar-refractivity contribution in [3.05, 3.63) is 23.2 Å². The van der Waals surface area contributed by atoms with E-state index in [-0.39, 0.29) is 17.2 Å². The Kier molecular flexibility index (Phi) is 5.15. The summed E-state index contributed by atoms with van der Waals surface area (Å²) in [6.45, 7) is 10.5. The molecule has 160 valence electrons. The van der Waals surface area contributed by atoms with Crippen molar-refractivity contribution in [3.8, 4) is 0 Å². The first-order valence-corrected chi connectivity index (χ1v) is 12.6. The number of amides is 1. The topological polar surface area (TPSA) is 66.4 Å². The number of nitrogens with one attached hydrogen (secondary N) is 1. The summed E-state index contributed by atoms with van der Waals surface area (Å²) in [5.41, 5.74) is 0.493. The van der Waals surface area contributed by atoms with Gasteiger partial charge in [-0.25, -0.2) is 0 Å². The molecular formula is C24H37NO3P+. The molecule has 0 heterocycles. The molecule has 4 rings (SSSR count). The smallest absolute Gasteiger partial charge is 0.322 e. The summed E-state index contributed by atoms with van der Waals surface area (Å²) in [4.78, 5) is 22.7. The molecule has 0 radical (unpaired) electrons. The van der Waals surface area contributed by atoms with Crippen molar-refractivity contribution in [1.82, 2.24) is 5.32 Å². The Morgan fingerprint density at radius 1 is 1.14 bits per heavy atom. The van der Waals surface area contributed by atoms with E-state index < -0.39 is 13.4 Å². The van der Waals surface area contributed by atoms with Crippen molar-refractivity contribution >= 4 is 13.9 Å². The number of carbonyl (C=O) groups excluding carboxylic acids is 1. The number of allylic oxidation sites excluding steroid dienone is 3. The minimum Gasteiger partial charge on any atom is -0.322 e. The Bertz CT molecular complexity index is 794. The van der Waals surface area contributed by atoms with Gasteiger partial charge in [0.05, 0.1) is 5.70 Å².